The minimum Gasteiger partial charge on any atom is -0.321 e. The second-order valence-electron chi connectivity index (χ2n) is 7.24. The lowest BCUT2D eigenvalue weighted by molar-refractivity contribution is 0.102. The molecule has 0 saturated carbocycles. The Kier molecular flexibility index (Phi) is 9.57. The Labute approximate surface area is 203 Å². The van der Waals surface area contributed by atoms with Gasteiger partial charge in [-0.3, -0.25) is 20.0 Å². The van der Waals surface area contributed by atoms with Gasteiger partial charge in [0.2, 0.25) is 0 Å². The number of aldehydes is 1. The topological polar surface area (TPSA) is 94.9 Å². The summed E-state index contributed by atoms with van der Waals surface area (Å²) in [5.41, 5.74) is 5.88. The van der Waals surface area contributed by atoms with E-state index in [-0.39, 0.29) is 5.91 Å². The molecule has 0 bridgehead atoms. The minimum atomic E-state index is -0.139. The quantitative estimate of drug-likeness (QED) is 0.199. The van der Waals surface area contributed by atoms with Gasteiger partial charge in [-0.15, -0.1) is 0 Å². The van der Waals surface area contributed by atoms with Gasteiger partial charge in [-0.25, -0.2) is 0 Å². The molecule has 1 aliphatic rings. The number of rotatable bonds is 7. The lowest BCUT2D eigenvalue weighted by atomic mass is 10.1. The van der Waals surface area contributed by atoms with E-state index in [9.17, 15) is 9.59 Å². The maximum Gasteiger partial charge on any atom is 0.256 e. The van der Waals surface area contributed by atoms with Crippen LogP contribution < -0.4 is 16.1 Å². The van der Waals surface area contributed by atoms with E-state index in [2.05, 4.69) is 38.3 Å². The SMILES string of the molecule is CN=CN/N=C/CC(NC)c1ccccc1.O=Cc1ccc2c(c1)NC(=O)c1ccccc1S2. The van der Waals surface area contributed by atoms with Gasteiger partial charge >= 0.3 is 0 Å². The summed E-state index contributed by atoms with van der Waals surface area (Å²) in [4.78, 5) is 28.4. The third-order valence-corrected chi connectivity index (χ3v) is 6.14. The number of aliphatic imine (C=N–C) groups is 1. The average Bonchev–Trinajstić information content (AvgIpc) is 3.02. The molecule has 3 N–H and O–H groups in total. The van der Waals surface area contributed by atoms with E-state index in [1.165, 1.54) is 17.3 Å². The van der Waals surface area contributed by atoms with Crippen LogP contribution in [0.4, 0.5) is 5.69 Å². The molecule has 4 rings (SSSR count). The molecule has 0 saturated heterocycles. The Bertz CT molecular complexity index is 1160. The number of hydrogen-bond acceptors (Lipinski definition) is 6. The molecule has 3 aromatic rings. The number of carbonyl (C=O) groups is 2. The van der Waals surface area contributed by atoms with Gasteiger partial charge in [0.05, 0.1) is 11.3 Å². The first kappa shape index (κ1) is 24.9. The summed E-state index contributed by atoms with van der Waals surface area (Å²) in [6.45, 7) is 0. The van der Waals surface area contributed by atoms with Gasteiger partial charge in [-0.1, -0.05) is 60.3 Å². The van der Waals surface area contributed by atoms with Gasteiger partial charge in [0.15, 0.2) is 0 Å². The molecular formula is C26H27N5O2S. The van der Waals surface area contributed by atoms with Crippen LogP contribution in [-0.4, -0.2) is 38.8 Å². The normalized spacial score (nSPS) is 13.2. The maximum absolute atomic E-state index is 12.1. The first-order valence-corrected chi connectivity index (χ1v) is 11.5. The van der Waals surface area contributed by atoms with Crippen molar-refractivity contribution in [3.05, 3.63) is 89.5 Å². The van der Waals surface area contributed by atoms with Crippen molar-refractivity contribution in [3.63, 3.8) is 0 Å². The largest absolute Gasteiger partial charge is 0.321 e. The number of nitrogens with zero attached hydrogens (tertiary/aromatic N) is 2. The summed E-state index contributed by atoms with van der Waals surface area (Å²) in [6, 6.07) is 23.4. The highest BCUT2D eigenvalue weighted by atomic mass is 32.2. The average molecular weight is 474 g/mol. The van der Waals surface area contributed by atoms with E-state index in [4.69, 9.17) is 0 Å². The fraction of sp³-hybridized carbons (Fsp3) is 0.154. The Morgan fingerprint density at radius 2 is 1.79 bits per heavy atom. The molecule has 0 spiro atoms. The molecule has 34 heavy (non-hydrogen) atoms. The molecular weight excluding hydrogens is 446 g/mol. The highest BCUT2D eigenvalue weighted by Crippen LogP contribution is 2.38. The van der Waals surface area contributed by atoms with Gasteiger partial charge in [0.25, 0.3) is 5.91 Å². The van der Waals surface area contributed by atoms with Crippen molar-refractivity contribution < 1.29 is 9.59 Å². The van der Waals surface area contributed by atoms with Crippen molar-refractivity contribution >= 4 is 42.2 Å². The summed E-state index contributed by atoms with van der Waals surface area (Å²) in [5, 5.41) is 10.1. The predicted octanol–water partition coefficient (Wildman–Crippen LogP) is 4.79. The molecule has 7 nitrogen and oxygen atoms in total. The zero-order chi connectivity index (χ0) is 24.2. The van der Waals surface area contributed by atoms with Crippen molar-refractivity contribution in [3.8, 4) is 0 Å². The standard InChI is InChI=1S/C14H9NO2S.C12H18N4/c16-8-9-5-6-13-11(7-9)15-14(17)10-3-1-2-4-12(10)18-13;1-13-10-16-15-9-8-12(14-2)11-6-4-3-5-7-11/h1-8H,(H,15,17);3-7,9-10,12,14H,8H2,1-2H3,(H,13,16)/b;15-9+. The second-order valence-corrected chi connectivity index (χ2v) is 8.33. The molecule has 0 fully saturated rings. The number of amides is 1. The van der Waals surface area contributed by atoms with Crippen LogP contribution in [0.5, 0.6) is 0 Å². The van der Waals surface area contributed by atoms with Gasteiger partial charge < -0.3 is 10.6 Å². The zero-order valence-corrected chi connectivity index (χ0v) is 19.9. The van der Waals surface area contributed by atoms with Crippen molar-refractivity contribution in [1.82, 2.24) is 10.7 Å². The molecule has 0 aromatic heterocycles. The lowest BCUT2D eigenvalue weighted by Crippen LogP contribution is -2.17. The fourth-order valence-corrected chi connectivity index (χ4v) is 4.28. The van der Waals surface area contributed by atoms with E-state index in [0.29, 0.717) is 22.9 Å². The Hall–Kier alpha value is -3.75. The molecule has 1 heterocycles. The van der Waals surface area contributed by atoms with Crippen molar-refractivity contribution in [2.45, 2.75) is 22.3 Å². The van der Waals surface area contributed by atoms with E-state index >= 15 is 0 Å². The van der Waals surface area contributed by atoms with Crippen LogP contribution in [0.3, 0.4) is 0 Å². The first-order valence-electron chi connectivity index (χ1n) is 10.7. The van der Waals surface area contributed by atoms with Crippen LogP contribution in [0.2, 0.25) is 0 Å². The van der Waals surface area contributed by atoms with Crippen molar-refractivity contribution in [2.24, 2.45) is 10.1 Å². The van der Waals surface area contributed by atoms with Gasteiger partial charge in [0.1, 0.15) is 12.6 Å². The molecule has 1 unspecified atom stereocenters. The van der Waals surface area contributed by atoms with Crippen LogP contribution in [0.25, 0.3) is 0 Å². The highest BCUT2D eigenvalue weighted by Gasteiger charge is 2.19. The van der Waals surface area contributed by atoms with Gasteiger partial charge in [-0.2, -0.15) is 5.10 Å². The summed E-state index contributed by atoms with van der Waals surface area (Å²) < 4.78 is 0. The van der Waals surface area contributed by atoms with Gasteiger partial charge in [0, 0.05) is 41.1 Å². The smallest absolute Gasteiger partial charge is 0.256 e. The Morgan fingerprint density at radius 1 is 1.03 bits per heavy atom. The number of carbonyl (C=O) groups excluding carboxylic acids is 2. The third-order valence-electron chi connectivity index (χ3n) is 4.98. The highest BCUT2D eigenvalue weighted by molar-refractivity contribution is 7.99. The summed E-state index contributed by atoms with van der Waals surface area (Å²) >= 11 is 1.53. The van der Waals surface area contributed by atoms with Crippen LogP contribution in [0.1, 0.15) is 38.7 Å². The third kappa shape index (κ3) is 6.87. The zero-order valence-electron chi connectivity index (χ0n) is 19.1. The summed E-state index contributed by atoms with van der Waals surface area (Å²) in [5.74, 6) is -0.139. The Balaban J connectivity index is 0.000000192. The summed E-state index contributed by atoms with van der Waals surface area (Å²) in [7, 11) is 3.65. The number of hydrogen-bond donors (Lipinski definition) is 3. The van der Waals surface area contributed by atoms with Crippen molar-refractivity contribution in [1.29, 1.82) is 0 Å². The monoisotopic (exact) mass is 473 g/mol. The van der Waals surface area contributed by atoms with Crippen LogP contribution in [0, 0.1) is 0 Å². The number of hydrazone groups is 1. The van der Waals surface area contributed by atoms with Crippen LogP contribution in [-0.2, 0) is 0 Å². The van der Waals surface area contributed by atoms with Crippen LogP contribution in [0.15, 0.2) is 92.7 Å². The lowest BCUT2D eigenvalue weighted by Gasteiger charge is -2.13. The molecule has 0 aliphatic carbocycles. The first-order chi connectivity index (χ1) is 16.7. The summed E-state index contributed by atoms with van der Waals surface area (Å²) in [6.07, 6.45) is 5.00. The maximum atomic E-state index is 12.1. The number of benzene rings is 3. The van der Waals surface area contributed by atoms with Gasteiger partial charge in [-0.05, 0) is 36.9 Å². The molecule has 0 radical (unpaired) electrons. The molecule has 8 heteroatoms. The molecule has 3 aromatic carbocycles. The van der Waals surface area contributed by atoms with E-state index in [1.807, 2.05) is 55.7 Å². The molecule has 1 atom stereocenters. The fourth-order valence-electron chi connectivity index (χ4n) is 3.27. The van der Waals surface area contributed by atoms with E-state index < -0.39 is 0 Å². The predicted molar refractivity (Wildman–Crippen MR) is 139 cm³/mol. The minimum absolute atomic E-state index is 0.139. The van der Waals surface area contributed by atoms with Crippen LogP contribution >= 0.6 is 11.8 Å². The number of fused-ring (bicyclic) bond motifs is 2. The number of nitrogens with one attached hydrogen (secondary N) is 3. The second kappa shape index (κ2) is 13.1. The molecule has 174 valence electrons. The molecule has 1 aliphatic heterocycles. The Morgan fingerprint density at radius 3 is 2.53 bits per heavy atom. The van der Waals surface area contributed by atoms with E-state index in [1.54, 1.807) is 31.6 Å². The molecule has 1 amide bonds. The van der Waals surface area contributed by atoms with E-state index in [0.717, 1.165) is 22.5 Å². The van der Waals surface area contributed by atoms with Crippen molar-refractivity contribution in [2.75, 3.05) is 19.4 Å². The number of anilines is 1.